The largest absolute Gasteiger partial charge is 0.465 e. The molecule has 0 saturated heterocycles. The van der Waals surface area contributed by atoms with Crippen molar-refractivity contribution in [2.24, 2.45) is 13.0 Å². The monoisotopic (exact) mass is 616 g/mol. The Morgan fingerprint density at radius 1 is 1.22 bits per heavy atom. The molecule has 2 amide bonds. The van der Waals surface area contributed by atoms with Crippen LogP contribution in [0, 0.1) is 11.9 Å². The number of nitrogens with zero attached hydrogens (tertiary/aromatic N) is 7. The Morgan fingerprint density at radius 2 is 2.07 bits per heavy atom. The van der Waals surface area contributed by atoms with E-state index in [1.54, 1.807) is 10.6 Å². The molecule has 0 unspecified atom stereocenters. The molecule has 13 heteroatoms. The second kappa shape index (κ2) is 11.6. The van der Waals surface area contributed by atoms with E-state index in [4.69, 9.17) is 15.1 Å². The van der Waals surface area contributed by atoms with Gasteiger partial charge in [0, 0.05) is 45.0 Å². The summed E-state index contributed by atoms with van der Waals surface area (Å²) in [7, 11) is 1.94. The molecule has 0 bridgehead atoms. The zero-order valence-electron chi connectivity index (χ0n) is 24.9. The number of alkyl halides is 1. The smallest absolute Gasteiger partial charge is 0.405 e. The van der Waals surface area contributed by atoms with Crippen LogP contribution >= 0.6 is 0 Å². The molecule has 45 heavy (non-hydrogen) atoms. The van der Waals surface area contributed by atoms with E-state index in [1.807, 2.05) is 11.6 Å². The molecule has 4 aromatic heterocycles. The molecule has 1 aliphatic carbocycles. The van der Waals surface area contributed by atoms with Gasteiger partial charge in [0.15, 0.2) is 11.5 Å². The molecule has 1 fully saturated rings. The number of carbonyl (C=O) groups is 2. The van der Waals surface area contributed by atoms with Crippen LogP contribution in [0.25, 0.3) is 33.6 Å². The maximum atomic E-state index is 13.5. The highest BCUT2D eigenvalue weighted by Crippen LogP contribution is 2.38. The Kier molecular flexibility index (Phi) is 7.46. The molecule has 5 aromatic rings. The summed E-state index contributed by atoms with van der Waals surface area (Å²) in [5.74, 6) is 0.574. The van der Waals surface area contributed by atoms with Crippen molar-refractivity contribution in [3.63, 3.8) is 0 Å². The van der Waals surface area contributed by atoms with E-state index in [1.165, 1.54) is 41.3 Å². The first-order valence-corrected chi connectivity index (χ1v) is 15.3. The number of fused-ring (bicyclic) bond motifs is 3. The summed E-state index contributed by atoms with van der Waals surface area (Å²) in [5, 5.41) is 12.3. The van der Waals surface area contributed by atoms with Gasteiger partial charge in [-0.05, 0) is 49.3 Å². The maximum Gasteiger partial charge on any atom is 0.405 e. The van der Waals surface area contributed by atoms with Crippen LogP contribution in [0.2, 0.25) is 0 Å². The summed E-state index contributed by atoms with van der Waals surface area (Å²) in [4.78, 5) is 39.5. The fraction of sp³-hybridized carbons (Fsp3) is 0.406. The lowest BCUT2D eigenvalue weighted by Crippen LogP contribution is -2.48. The third-order valence-corrected chi connectivity index (χ3v) is 8.85. The number of amides is 2. The Morgan fingerprint density at radius 3 is 2.80 bits per heavy atom. The fourth-order valence-electron chi connectivity index (χ4n) is 6.46. The second-order valence-electron chi connectivity index (χ2n) is 12.1. The third-order valence-electron chi connectivity index (χ3n) is 8.85. The number of rotatable bonds is 11. The number of imidazole rings is 2. The van der Waals surface area contributed by atoms with E-state index >= 15 is 0 Å². The number of halogens is 2. The second-order valence-corrected chi connectivity index (χ2v) is 12.1. The number of aromatic nitrogens is 6. The van der Waals surface area contributed by atoms with Gasteiger partial charge in [-0.1, -0.05) is 18.2 Å². The van der Waals surface area contributed by atoms with Crippen LogP contribution in [-0.2, 0) is 33.0 Å². The van der Waals surface area contributed by atoms with E-state index < -0.39 is 24.8 Å². The SMILES string of the molecule is Cn1c(-c2cc3cccc(CCCn4cnc(F)c4)c3n2CC2CC2)nc2cc3c(nc21)CCN(C[C@@H](CF)NC(=O)O)C3=O. The van der Waals surface area contributed by atoms with Gasteiger partial charge in [-0.25, -0.2) is 24.1 Å². The molecule has 11 nitrogen and oxygen atoms in total. The number of para-hydroxylation sites is 1. The molecular formula is C32H34F2N8O3. The molecule has 0 radical (unpaired) electrons. The third kappa shape index (κ3) is 5.62. The predicted molar refractivity (Wildman–Crippen MR) is 163 cm³/mol. The number of hydrogen-bond acceptors (Lipinski definition) is 5. The molecule has 2 aliphatic rings. The molecule has 234 valence electrons. The molecule has 1 atom stereocenters. The van der Waals surface area contributed by atoms with Crippen molar-refractivity contribution >= 4 is 34.1 Å². The van der Waals surface area contributed by atoms with Gasteiger partial charge in [0.2, 0.25) is 5.95 Å². The van der Waals surface area contributed by atoms with Crippen molar-refractivity contribution in [1.29, 1.82) is 0 Å². The van der Waals surface area contributed by atoms with Crippen LogP contribution in [0.1, 0.15) is 40.9 Å². The lowest BCUT2D eigenvalue weighted by atomic mass is 10.0. The standard InChI is InChI=1S/C32H34F2N8O3/c1-39-29-25(13-23-24(37-29)9-11-41(31(23)43)16-22(14-33)36-32(44)45)38-30(39)26-12-21-5-2-4-20(28(21)42(26)15-19-7-8-19)6-3-10-40-17-27(34)35-18-40/h2,4-5,12-13,17-19,22,36H,3,6-11,14-16H2,1H3,(H,44,45)/t22-/m1/s1. The average molecular weight is 617 g/mol. The minimum absolute atomic E-state index is 0.0601. The van der Waals surface area contributed by atoms with E-state index in [0.29, 0.717) is 47.8 Å². The van der Waals surface area contributed by atoms with Crippen molar-refractivity contribution in [2.75, 3.05) is 19.8 Å². The van der Waals surface area contributed by atoms with Crippen LogP contribution in [0.15, 0.2) is 42.9 Å². The molecule has 7 rings (SSSR count). The van der Waals surface area contributed by atoms with Gasteiger partial charge < -0.3 is 29.0 Å². The van der Waals surface area contributed by atoms with Crippen molar-refractivity contribution in [3.05, 3.63) is 65.6 Å². The number of pyridine rings is 1. The van der Waals surface area contributed by atoms with Gasteiger partial charge in [-0.3, -0.25) is 4.79 Å². The highest BCUT2D eigenvalue weighted by Gasteiger charge is 2.31. The lowest BCUT2D eigenvalue weighted by Gasteiger charge is -2.30. The molecule has 0 spiro atoms. The van der Waals surface area contributed by atoms with E-state index in [-0.39, 0.29) is 12.5 Å². The van der Waals surface area contributed by atoms with Gasteiger partial charge in [0.25, 0.3) is 5.91 Å². The summed E-state index contributed by atoms with van der Waals surface area (Å²) in [6, 6.07) is 9.27. The topological polar surface area (TPSA) is 123 Å². The Labute approximate surface area is 257 Å². The van der Waals surface area contributed by atoms with E-state index in [2.05, 4.69) is 39.1 Å². The average Bonchev–Trinajstić information content (AvgIpc) is 3.50. The van der Waals surface area contributed by atoms with E-state index in [9.17, 15) is 18.4 Å². The minimum Gasteiger partial charge on any atom is -0.465 e. The fourth-order valence-corrected chi connectivity index (χ4v) is 6.46. The Balaban J connectivity index is 1.23. The van der Waals surface area contributed by atoms with Crippen LogP contribution in [-0.4, -0.2) is 76.5 Å². The predicted octanol–water partition coefficient (Wildman–Crippen LogP) is 4.57. The van der Waals surface area contributed by atoms with E-state index in [0.717, 1.165) is 36.3 Å². The Hall–Kier alpha value is -4.81. The zero-order chi connectivity index (χ0) is 31.2. The van der Waals surface area contributed by atoms with Crippen molar-refractivity contribution < 1.29 is 23.5 Å². The van der Waals surface area contributed by atoms with Crippen LogP contribution < -0.4 is 5.32 Å². The van der Waals surface area contributed by atoms with Gasteiger partial charge in [-0.2, -0.15) is 4.39 Å². The molecule has 2 N–H and O–H groups in total. The highest BCUT2D eigenvalue weighted by atomic mass is 19.1. The van der Waals surface area contributed by atoms with Gasteiger partial charge in [0.05, 0.1) is 41.0 Å². The number of nitrogens with one attached hydrogen (secondary N) is 1. The minimum atomic E-state index is -1.33. The van der Waals surface area contributed by atoms with Gasteiger partial charge in [-0.15, -0.1) is 0 Å². The Bertz CT molecular complexity index is 1920. The summed E-state index contributed by atoms with van der Waals surface area (Å²) in [6.07, 6.45) is 6.11. The van der Waals surface area contributed by atoms with Crippen LogP contribution in [0.4, 0.5) is 13.6 Å². The van der Waals surface area contributed by atoms with Gasteiger partial charge >= 0.3 is 6.09 Å². The van der Waals surface area contributed by atoms with Crippen molar-refractivity contribution in [1.82, 2.24) is 38.9 Å². The number of hydrogen-bond donors (Lipinski definition) is 2. The maximum absolute atomic E-state index is 13.5. The number of benzene rings is 1. The normalized spacial score (nSPS) is 15.6. The summed E-state index contributed by atoms with van der Waals surface area (Å²) >= 11 is 0. The number of carbonyl (C=O) groups excluding carboxylic acids is 1. The van der Waals surface area contributed by atoms with Crippen LogP contribution in [0.5, 0.6) is 0 Å². The van der Waals surface area contributed by atoms with Crippen LogP contribution in [0.3, 0.4) is 0 Å². The lowest BCUT2D eigenvalue weighted by molar-refractivity contribution is 0.0712. The first-order chi connectivity index (χ1) is 21.8. The molecule has 1 aliphatic heterocycles. The molecule has 1 saturated carbocycles. The number of aryl methyl sites for hydroxylation is 3. The highest BCUT2D eigenvalue weighted by molar-refractivity contribution is 5.99. The molecular weight excluding hydrogens is 582 g/mol. The first kappa shape index (κ1) is 28.9. The first-order valence-electron chi connectivity index (χ1n) is 15.3. The zero-order valence-corrected chi connectivity index (χ0v) is 24.9. The summed E-state index contributed by atoms with van der Waals surface area (Å²) in [5.41, 5.74) is 5.71. The van der Waals surface area contributed by atoms with Crippen molar-refractivity contribution in [3.8, 4) is 11.5 Å². The number of carboxylic acid groups (broad SMARTS) is 1. The van der Waals surface area contributed by atoms with Crippen molar-refractivity contribution in [2.45, 2.75) is 51.2 Å². The molecule has 5 heterocycles. The molecule has 1 aromatic carbocycles. The quantitative estimate of drug-likeness (QED) is 0.224. The summed E-state index contributed by atoms with van der Waals surface area (Å²) in [6.45, 7) is 0.899. The summed E-state index contributed by atoms with van der Waals surface area (Å²) < 4.78 is 32.9. The van der Waals surface area contributed by atoms with Gasteiger partial charge in [0.1, 0.15) is 12.2 Å².